The monoisotopic (exact) mass is 205 g/mol. The minimum Gasteiger partial charge on any atom is -0.389 e. The summed E-state index contributed by atoms with van der Waals surface area (Å²) in [6.45, 7) is 0. The second kappa shape index (κ2) is 3.39. The van der Waals surface area contributed by atoms with Crippen LogP contribution in [0.2, 0.25) is 10.0 Å². The zero-order valence-corrected chi connectivity index (χ0v) is 7.80. The van der Waals surface area contributed by atoms with E-state index in [1.165, 1.54) is 0 Å². The van der Waals surface area contributed by atoms with Crippen LogP contribution in [0.15, 0.2) is 18.2 Å². The summed E-state index contributed by atoms with van der Waals surface area (Å²) >= 11 is 16.1. The van der Waals surface area contributed by atoms with Gasteiger partial charge in [0.05, 0.1) is 10.0 Å². The van der Waals surface area contributed by atoms with Crippen LogP contribution >= 0.6 is 35.4 Å². The summed E-state index contributed by atoms with van der Waals surface area (Å²) in [5.74, 6) is 0. The summed E-state index contributed by atoms with van der Waals surface area (Å²) in [6.07, 6.45) is 0. The third-order valence-electron chi connectivity index (χ3n) is 1.20. The first-order valence-electron chi connectivity index (χ1n) is 2.86. The van der Waals surface area contributed by atoms with E-state index in [1.54, 1.807) is 18.2 Å². The Kier molecular flexibility index (Phi) is 2.71. The number of nitrogens with two attached hydrogens (primary N) is 1. The normalized spacial score (nSPS) is 9.64. The number of rotatable bonds is 1. The van der Waals surface area contributed by atoms with E-state index >= 15 is 0 Å². The predicted molar refractivity (Wildman–Crippen MR) is 52.3 cm³/mol. The lowest BCUT2D eigenvalue weighted by Gasteiger charge is -1.99. The highest BCUT2D eigenvalue weighted by Crippen LogP contribution is 2.22. The van der Waals surface area contributed by atoms with Crippen LogP contribution in [0.5, 0.6) is 0 Å². The molecule has 1 rings (SSSR count). The van der Waals surface area contributed by atoms with Gasteiger partial charge >= 0.3 is 0 Å². The van der Waals surface area contributed by atoms with Gasteiger partial charge in [0.1, 0.15) is 4.99 Å². The molecule has 58 valence electrons. The molecule has 0 saturated heterocycles. The van der Waals surface area contributed by atoms with Crippen molar-refractivity contribution >= 4 is 40.4 Å². The van der Waals surface area contributed by atoms with Crippen molar-refractivity contribution in [2.45, 2.75) is 0 Å². The SMILES string of the molecule is NC(=S)c1ccc(Cl)c(Cl)c1. The Morgan fingerprint density at radius 3 is 2.36 bits per heavy atom. The fourth-order valence-corrected chi connectivity index (χ4v) is 1.07. The van der Waals surface area contributed by atoms with Gasteiger partial charge < -0.3 is 5.73 Å². The molecule has 0 aliphatic heterocycles. The van der Waals surface area contributed by atoms with E-state index in [0.717, 1.165) is 5.56 Å². The molecular formula is C7H5Cl2NS. The minimum atomic E-state index is 0.323. The zero-order valence-electron chi connectivity index (χ0n) is 5.47. The van der Waals surface area contributed by atoms with Gasteiger partial charge in [-0.05, 0) is 12.1 Å². The van der Waals surface area contributed by atoms with Crippen molar-refractivity contribution in [2.75, 3.05) is 0 Å². The van der Waals surface area contributed by atoms with Crippen LogP contribution in [-0.2, 0) is 0 Å². The van der Waals surface area contributed by atoms with Gasteiger partial charge in [0, 0.05) is 5.56 Å². The lowest BCUT2D eigenvalue weighted by atomic mass is 10.2. The van der Waals surface area contributed by atoms with E-state index in [2.05, 4.69) is 0 Å². The molecule has 0 unspecified atom stereocenters. The Balaban J connectivity index is 3.15. The molecule has 0 aliphatic rings. The van der Waals surface area contributed by atoms with Crippen molar-refractivity contribution in [3.63, 3.8) is 0 Å². The molecule has 0 radical (unpaired) electrons. The Morgan fingerprint density at radius 1 is 1.27 bits per heavy atom. The van der Waals surface area contributed by atoms with E-state index in [1.807, 2.05) is 0 Å². The van der Waals surface area contributed by atoms with E-state index in [-0.39, 0.29) is 0 Å². The molecule has 2 N–H and O–H groups in total. The van der Waals surface area contributed by atoms with Gasteiger partial charge in [0.2, 0.25) is 0 Å². The summed E-state index contributed by atoms with van der Waals surface area (Å²) in [6, 6.07) is 5.04. The highest BCUT2D eigenvalue weighted by atomic mass is 35.5. The van der Waals surface area contributed by atoms with Gasteiger partial charge in [-0.15, -0.1) is 0 Å². The van der Waals surface area contributed by atoms with Gasteiger partial charge in [0.25, 0.3) is 0 Å². The van der Waals surface area contributed by atoms with Gasteiger partial charge in [-0.3, -0.25) is 0 Å². The van der Waals surface area contributed by atoms with Crippen LogP contribution in [0.3, 0.4) is 0 Å². The second-order valence-corrected chi connectivity index (χ2v) is 3.25. The molecular weight excluding hydrogens is 201 g/mol. The molecule has 0 amide bonds. The topological polar surface area (TPSA) is 26.0 Å². The zero-order chi connectivity index (χ0) is 8.43. The summed E-state index contributed by atoms with van der Waals surface area (Å²) in [4.78, 5) is 0.323. The van der Waals surface area contributed by atoms with E-state index < -0.39 is 0 Å². The van der Waals surface area contributed by atoms with Crippen LogP contribution < -0.4 is 5.73 Å². The summed E-state index contributed by atoms with van der Waals surface area (Å²) in [7, 11) is 0. The molecule has 4 heteroatoms. The van der Waals surface area contributed by atoms with Crippen molar-refractivity contribution in [3.05, 3.63) is 33.8 Å². The molecule has 1 nitrogen and oxygen atoms in total. The molecule has 0 saturated carbocycles. The highest BCUT2D eigenvalue weighted by molar-refractivity contribution is 7.80. The third-order valence-corrected chi connectivity index (χ3v) is 2.18. The van der Waals surface area contributed by atoms with Crippen molar-refractivity contribution in [2.24, 2.45) is 5.73 Å². The predicted octanol–water partition coefficient (Wildman–Crippen LogP) is 2.63. The molecule has 0 spiro atoms. The Hall–Kier alpha value is -0.310. The Labute approximate surface area is 80.1 Å². The van der Waals surface area contributed by atoms with Gasteiger partial charge in [-0.1, -0.05) is 41.5 Å². The van der Waals surface area contributed by atoms with E-state index in [4.69, 9.17) is 41.2 Å². The van der Waals surface area contributed by atoms with Gasteiger partial charge in [0.15, 0.2) is 0 Å². The van der Waals surface area contributed by atoms with Crippen molar-refractivity contribution < 1.29 is 0 Å². The first-order chi connectivity index (χ1) is 5.11. The van der Waals surface area contributed by atoms with Gasteiger partial charge in [-0.25, -0.2) is 0 Å². The fourth-order valence-electron chi connectivity index (χ4n) is 0.649. The second-order valence-electron chi connectivity index (χ2n) is 1.99. The quantitative estimate of drug-likeness (QED) is 0.714. The number of hydrogen-bond donors (Lipinski definition) is 1. The smallest absolute Gasteiger partial charge is 0.104 e. The number of halogens is 2. The molecule has 11 heavy (non-hydrogen) atoms. The average Bonchev–Trinajstić information content (AvgIpc) is 1.94. The molecule has 0 bridgehead atoms. The largest absolute Gasteiger partial charge is 0.389 e. The van der Waals surface area contributed by atoms with Crippen LogP contribution in [0, 0.1) is 0 Å². The molecule has 0 aromatic heterocycles. The summed E-state index contributed by atoms with van der Waals surface area (Å²) < 4.78 is 0. The van der Waals surface area contributed by atoms with Crippen LogP contribution in [0.4, 0.5) is 0 Å². The minimum absolute atomic E-state index is 0.323. The number of thiocarbonyl (C=S) groups is 1. The number of benzene rings is 1. The number of hydrogen-bond acceptors (Lipinski definition) is 1. The molecule has 0 fully saturated rings. The van der Waals surface area contributed by atoms with Crippen molar-refractivity contribution in [1.82, 2.24) is 0 Å². The maximum atomic E-state index is 5.71. The first kappa shape index (κ1) is 8.78. The van der Waals surface area contributed by atoms with Crippen LogP contribution in [0.1, 0.15) is 5.56 Å². The standard InChI is InChI=1S/C7H5Cl2NS/c8-5-2-1-4(7(10)11)3-6(5)9/h1-3H,(H2,10,11). The lowest BCUT2D eigenvalue weighted by Crippen LogP contribution is -2.08. The molecule has 1 aromatic carbocycles. The Morgan fingerprint density at radius 2 is 1.91 bits per heavy atom. The molecule has 0 atom stereocenters. The van der Waals surface area contributed by atoms with Crippen molar-refractivity contribution in [1.29, 1.82) is 0 Å². The molecule has 1 aromatic rings. The van der Waals surface area contributed by atoms with E-state index in [9.17, 15) is 0 Å². The van der Waals surface area contributed by atoms with Crippen LogP contribution in [-0.4, -0.2) is 4.99 Å². The van der Waals surface area contributed by atoms with Gasteiger partial charge in [-0.2, -0.15) is 0 Å². The third kappa shape index (κ3) is 2.06. The van der Waals surface area contributed by atoms with E-state index in [0.29, 0.717) is 15.0 Å². The first-order valence-corrected chi connectivity index (χ1v) is 4.02. The molecule has 0 aliphatic carbocycles. The molecule has 0 heterocycles. The Bertz CT molecular complexity index is 298. The average molecular weight is 206 g/mol. The highest BCUT2D eigenvalue weighted by Gasteiger charge is 2.00. The lowest BCUT2D eigenvalue weighted by molar-refractivity contribution is 1.62. The maximum absolute atomic E-state index is 5.71. The van der Waals surface area contributed by atoms with Crippen LogP contribution in [0.25, 0.3) is 0 Å². The summed E-state index contributed by atoms with van der Waals surface area (Å²) in [5, 5.41) is 0.976. The fraction of sp³-hybridized carbons (Fsp3) is 0. The summed E-state index contributed by atoms with van der Waals surface area (Å²) in [5.41, 5.74) is 6.09. The van der Waals surface area contributed by atoms with Crippen molar-refractivity contribution in [3.8, 4) is 0 Å². The maximum Gasteiger partial charge on any atom is 0.104 e.